The van der Waals surface area contributed by atoms with E-state index in [1.165, 1.54) is 18.5 Å². The average molecular weight is 337 g/mol. The molecular weight excluding hydrogens is 323 g/mol. The third kappa shape index (κ3) is 3.32. The summed E-state index contributed by atoms with van der Waals surface area (Å²) in [5.41, 5.74) is -1.13. The van der Waals surface area contributed by atoms with Gasteiger partial charge in [-0.1, -0.05) is 0 Å². The normalized spacial score (nSPS) is 23.4. The number of nitrogens with one attached hydrogen (secondary N) is 1. The van der Waals surface area contributed by atoms with Gasteiger partial charge in [0.15, 0.2) is 6.04 Å². The molecule has 1 aromatic heterocycles. The van der Waals surface area contributed by atoms with Gasteiger partial charge < -0.3 is 15.3 Å². The van der Waals surface area contributed by atoms with Gasteiger partial charge in [-0.2, -0.15) is 13.2 Å². The van der Waals surface area contributed by atoms with Crippen molar-refractivity contribution in [1.29, 1.82) is 0 Å². The lowest BCUT2D eigenvalue weighted by Gasteiger charge is -2.24. The van der Waals surface area contributed by atoms with Crippen LogP contribution in [0.2, 0.25) is 0 Å². The van der Waals surface area contributed by atoms with Crippen LogP contribution in [-0.2, 0) is 4.79 Å². The number of carbonyl (C=O) groups is 2. The molecule has 22 heavy (non-hydrogen) atoms. The van der Waals surface area contributed by atoms with Crippen molar-refractivity contribution in [2.24, 2.45) is 5.41 Å². The van der Waals surface area contributed by atoms with Crippen LogP contribution in [-0.4, -0.2) is 46.3 Å². The van der Waals surface area contributed by atoms with E-state index < -0.39 is 29.6 Å². The van der Waals surface area contributed by atoms with Crippen molar-refractivity contribution in [3.63, 3.8) is 0 Å². The van der Waals surface area contributed by atoms with Gasteiger partial charge >= 0.3 is 18.2 Å². The van der Waals surface area contributed by atoms with E-state index in [0.717, 1.165) is 16.2 Å². The maximum Gasteiger partial charge on any atom is 0.415 e. The van der Waals surface area contributed by atoms with E-state index in [9.17, 15) is 22.8 Å². The van der Waals surface area contributed by atoms with E-state index in [1.54, 1.807) is 0 Å². The molecule has 122 valence electrons. The fourth-order valence-electron chi connectivity index (χ4n) is 2.18. The maximum absolute atomic E-state index is 13.1. The molecule has 10 heteroatoms. The summed E-state index contributed by atoms with van der Waals surface area (Å²) in [6, 6.07) is -3.14. The van der Waals surface area contributed by atoms with Gasteiger partial charge in [-0.3, -0.25) is 4.79 Å². The van der Waals surface area contributed by atoms with Gasteiger partial charge in [0.1, 0.15) is 5.01 Å². The molecule has 2 unspecified atom stereocenters. The average Bonchev–Trinajstić information content (AvgIpc) is 3.04. The van der Waals surface area contributed by atoms with E-state index in [1.807, 2.05) is 5.32 Å². The molecule has 0 radical (unpaired) electrons. The summed E-state index contributed by atoms with van der Waals surface area (Å²) < 4.78 is 39.2. The zero-order valence-corrected chi connectivity index (χ0v) is 12.4. The summed E-state index contributed by atoms with van der Waals surface area (Å²) in [5.74, 6) is -1.07. The van der Waals surface area contributed by atoms with Gasteiger partial charge in [-0.15, -0.1) is 11.3 Å². The van der Waals surface area contributed by atoms with Crippen molar-refractivity contribution in [2.75, 3.05) is 13.1 Å². The molecule has 0 aromatic carbocycles. The number of carboxylic acid groups (broad SMARTS) is 1. The van der Waals surface area contributed by atoms with Crippen LogP contribution < -0.4 is 5.32 Å². The summed E-state index contributed by atoms with van der Waals surface area (Å²) in [6.45, 7) is 1.43. The number of hydrogen-bond acceptors (Lipinski definition) is 4. The summed E-state index contributed by atoms with van der Waals surface area (Å²) >= 11 is 0.789. The first-order valence-electron chi connectivity index (χ1n) is 6.38. The Labute approximate surface area is 127 Å². The van der Waals surface area contributed by atoms with Gasteiger partial charge in [0.25, 0.3) is 0 Å². The maximum atomic E-state index is 13.1. The number of alkyl halides is 3. The lowest BCUT2D eigenvalue weighted by molar-refractivity contribution is -0.155. The molecule has 2 N–H and O–H groups in total. The second-order valence-electron chi connectivity index (χ2n) is 5.33. The fourth-order valence-corrected chi connectivity index (χ4v) is 2.90. The molecule has 6 nitrogen and oxygen atoms in total. The third-order valence-electron chi connectivity index (χ3n) is 3.57. The van der Waals surface area contributed by atoms with Gasteiger partial charge in [0.2, 0.25) is 0 Å². The van der Waals surface area contributed by atoms with Gasteiger partial charge in [0, 0.05) is 24.7 Å². The number of likely N-dealkylation sites (tertiary alicyclic amines) is 1. The predicted octanol–water partition coefficient (Wildman–Crippen LogP) is 2.25. The number of rotatable bonds is 3. The Morgan fingerprint density at radius 3 is 2.68 bits per heavy atom. The Kier molecular flexibility index (Phi) is 4.32. The molecule has 0 spiro atoms. The fraction of sp³-hybridized carbons (Fsp3) is 0.583. The van der Waals surface area contributed by atoms with E-state index in [4.69, 9.17) is 5.11 Å². The van der Waals surface area contributed by atoms with Crippen LogP contribution in [0.15, 0.2) is 11.6 Å². The highest BCUT2D eigenvalue weighted by molar-refractivity contribution is 7.09. The molecule has 2 heterocycles. The van der Waals surface area contributed by atoms with Crippen LogP contribution in [0.4, 0.5) is 18.0 Å². The monoisotopic (exact) mass is 337 g/mol. The Hall–Kier alpha value is -1.84. The number of aliphatic carboxylic acids is 1. The standard InChI is InChI=1S/C12H14F3N3O3S/c1-11(9(19)20)2-4-18(6-11)10(21)17-7(12(13,14)15)8-16-3-5-22-8/h3,5,7H,2,4,6H2,1H3,(H,17,21)(H,19,20). The number of carbonyl (C=O) groups excluding carboxylic acids is 1. The molecule has 1 saturated heterocycles. The highest BCUT2D eigenvalue weighted by Gasteiger charge is 2.46. The third-order valence-corrected chi connectivity index (χ3v) is 4.41. The first kappa shape index (κ1) is 16.5. The second kappa shape index (κ2) is 5.75. The van der Waals surface area contributed by atoms with Crippen LogP contribution in [0.3, 0.4) is 0 Å². The molecule has 0 bridgehead atoms. The number of halogens is 3. The molecule has 2 atom stereocenters. The molecule has 0 saturated carbocycles. The molecule has 0 aliphatic carbocycles. The SMILES string of the molecule is CC1(C(=O)O)CCN(C(=O)NC(c2nccs2)C(F)(F)F)C1. The molecule has 1 fully saturated rings. The Morgan fingerprint density at radius 1 is 1.55 bits per heavy atom. The summed E-state index contributed by atoms with van der Waals surface area (Å²) in [7, 11) is 0. The highest BCUT2D eigenvalue weighted by atomic mass is 32.1. The van der Waals surface area contributed by atoms with E-state index in [-0.39, 0.29) is 24.5 Å². The van der Waals surface area contributed by atoms with Crippen LogP contribution in [0.5, 0.6) is 0 Å². The largest absolute Gasteiger partial charge is 0.481 e. The highest BCUT2D eigenvalue weighted by Crippen LogP contribution is 2.35. The summed E-state index contributed by atoms with van der Waals surface area (Å²) in [6.07, 6.45) is -3.25. The number of amides is 2. The first-order chi connectivity index (χ1) is 10.1. The summed E-state index contributed by atoms with van der Waals surface area (Å²) in [5, 5.41) is 12.1. The zero-order valence-electron chi connectivity index (χ0n) is 11.6. The van der Waals surface area contributed by atoms with Crippen molar-refractivity contribution in [3.05, 3.63) is 16.6 Å². The first-order valence-corrected chi connectivity index (χ1v) is 7.26. The minimum Gasteiger partial charge on any atom is -0.481 e. The van der Waals surface area contributed by atoms with Crippen LogP contribution in [0.1, 0.15) is 24.4 Å². The smallest absolute Gasteiger partial charge is 0.415 e. The predicted molar refractivity (Wildman–Crippen MR) is 71.4 cm³/mol. The van der Waals surface area contributed by atoms with Crippen molar-refractivity contribution in [3.8, 4) is 0 Å². The quantitative estimate of drug-likeness (QED) is 0.886. The molecule has 1 aliphatic rings. The topological polar surface area (TPSA) is 82.5 Å². The van der Waals surface area contributed by atoms with Crippen LogP contribution >= 0.6 is 11.3 Å². The molecule has 1 aliphatic heterocycles. The molecular formula is C12H14F3N3O3S. The lowest BCUT2D eigenvalue weighted by Crippen LogP contribution is -2.46. The number of nitrogens with zero attached hydrogens (tertiary/aromatic N) is 2. The zero-order chi connectivity index (χ0) is 16.5. The van der Waals surface area contributed by atoms with Crippen molar-refractivity contribution in [2.45, 2.75) is 25.6 Å². The van der Waals surface area contributed by atoms with E-state index in [0.29, 0.717) is 0 Å². The summed E-state index contributed by atoms with van der Waals surface area (Å²) in [4.78, 5) is 27.8. The van der Waals surface area contributed by atoms with Crippen molar-refractivity contribution < 1.29 is 27.9 Å². The van der Waals surface area contributed by atoms with Gasteiger partial charge in [-0.25, -0.2) is 9.78 Å². The van der Waals surface area contributed by atoms with Crippen molar-refractivity contribution >= 4 is 23.3 Å². The Bertz CT molecular complexity index is 564. The van der Waals surface area contributed by atoms with Crippen LogP contribution in [0, 0.1) is 5.41 Å². The number of carboxylic acids is 1. The molecule has 1 aromatic rings. The van der Waals surface area contributed by atoms with Gasteiger partial charge in [-0.05, 0) is 13.3 Å². The van der Waals surface area contributed by atoms with E-state index in [2.05, 4.69) is 4.98 Å². The second-order valence-corrected chi connectivity index (χ2v) is 6.26. The lowest BCUT2D eigenvalue weighted by atomic mass is 9.90. The Morgan fingerprint density at radius 2 is 2.23 bits per heavy atom. The Balaban J connectivity index is 2.09. The minimum atomic E-state index is -4.68. The minimum absolute atomic E-state index is 0.0943. The number of urea groups is 1. The van der Waals surface area contributed by atoms with Gasteiger partial charge in [0.05, 0.1) is 5.41 Å². The number of thiazole rings is 1. The van der Waals surface area contributed by atoms with Crippen LogP contribution in [0.25, 0.3) is 0 Å². The number of hydrogen-bond donors (Lipinski definition) is 2. The number of aromatic nitrogens is 1. The van der Waals surface area contributed by atoms with E-state index >= 15 is 0 Å². The molecule has 2 amide bonds. The molecule has 2 rings (SSSR count). The van der Waals surface area contributed by atoms with Crippen molar-refractivity contribution in [1.82, 2.24) is 15.2 Å².